The van der Waals surface area contributed by atoms with E-state index in [2.05, 4.69) is 19.2 Å². The van der Waals surface area contributed by atoms with E-state index in [1.54, 1.807) is 0 Å². The van der Waals surface area contributed by atoms with E-state index in [1.807, 2.05) is 44.2 Å². The second-order valence-corrected chi connectivity index (χ2v) is 5.47. The second kappa shape index (κ2) is 4.73. The summed E-state index contributed by atoms with van der Waals surface area (Å²) < 4.78 is 5.39. The molecule has 0 aliphatic carbocycles. The van der Waals surface area contributed by atoms with E-state index in [-0.39, 0.29) is 24.0 Å². The van der Waals surface area contributed by atoms with Crippen molar-refractivity contribution < 1.29 is 9.53 Å². The van der Waals surface area contributed by atoms with Crippen molar-refractivity contribution in [2.45, 2.75) is 45.4 Å². The molecule has 1 aromatic carbocycles. The minimum absolute atomic E-state index is 0.0740. The average molecular weight is 247 g/mol. The standard InChI is InChI=1S/C15H21NO2/c1-10(2)15(14(17)18-11(3)4)13(16-15)12-8-6-5-7-9-12/h5-11,13,16H,1-4H3. The molecule has 0 saturated carbocycles. The Labute approximate surface area is 109 Å². The predicted molar refractivity (Wildman–Crippen MR) is 71.1 cm³/mol. The van der Waals surface area contributed by atoms with Crippen LogP contribution in [0, 0.1) is 5.92 Å². The SMILES string of the molecule is CC(C)OC(=O)C1(C(C)C)NC1c1ccccc1. The number of ether oxygens (including phenoxy) is 1. The number of nitrogens with one attached hydrogen (secondary N) is 1. The maximum absolute atomic E-state index is 12.3. The fourth-order valence-corrected chi connectivity index (χ4v) is 2.41. The third-order valence-electron chi connectivity index (χ3n) is 3.48. The number of carbonyl (C=O) groups is 1. The molecule has 1 aliphatic rings. The quantitative estimate of drug-likeness (QED) is 0.657. The smallest absolute Gasteiger partial charge is 0.328 e. The molecule has 1 aliphatic heterocycles. The Morgan fingerprint density at radius 2 is 1.83 bits per heavy atom. The van der Waals surface area contributed by atoms with Gasteiger partial charge in [0, 0.05) is 0 Å². The summed E-state index contributed by atoms with van der Waals surface area (Å²) in [5.41, 5.74) is 0.595. The number of benzene rings is 1. The van der Waals surface area contributed by atoms with E-state index < -0.39 is 5.54 Å². The van der Waals surface area contributed by atoms with Gasteiger partial charge in [0.2, 0.25) is 0 Å². The first-order valence-corrected chi connectivity index (χ1v) is 6.52. The summed E-state index contributed by atoms with van der Waals surface area (Å²) in [7, 11) is 0. The predicted octanol–water partition coefficient (Wildman–Crippen LogP) is 2.68. The molecule has 3 nitrogen and oxygen atoms in total. The molecule has 18 heavy (non-hydrogen) atoms. The highest BCUT2D eigenvalue weighted by Gasteiger charge is 2.63. The van der Waals surface area contributed by atoms with E-state index in [4.69, 9.17) is 4.74 Å². The summed E-state index contributed by atoms with van der Waals surface area (Å²) in [4.78, 5) is 12.3. The summed E-state index contributed by atoms with van der Waals surface area (Å²) in [6, 6.07) is 10.1. The van der Waals surface area contributed by atoms with Crippen LogP contribution in [0.1, 0.15) is 39.3 Å². The van der Waals surface area contributed by atoms with Crippen LogP contribution in [-0.2, 0) is 9.53 Å². The molecule has 0 bridgehead atoms. The van der Waals surface area contributed by atoms with Gasteiger partial charge in [0.25, 0.3) is 0 Å². The van der Waals surface area contributed by atoms with Crippen molar-refractivity contribution in [3.05, 3.63) is 35.9 Å². The first-order valence-electron chi connectivity index (χ1n) is 6.52. The molecule has 0 aromatic heterocycles. The first-order chi connectivity index (χ1) is 8.48. The van der Waals surface area contributed by atoms with Gasteiger partial charge in [0.1, 0.15) is 5.54 Å². The third kappa shape index (κ3) is 2.15. The molecule has 2 unspecified atom stereocenters. The molecule has 1 heterocycles. The molecule has 98 valence electrons. The molecule has 0 amide bonds. The van der Waals surface area contributed by atoms with Crippen molar-refractivity contribution in [2.75, 3.05) is 0 Å². The minimum Gasteiger partial charge on any atom is -0.462 e. The van der Waals surface area contributed by atoms with Gasteiger partial charge in [0.15, 0.2) is 0 Å². The van der Waals surface area contributed by atoms with E-state index in [9.17, 15) is 4.79 Å². The van der Waals surface area contributed by atoms with Crippen molar-refractivity contribution in [3.63, 3.8) is 0 Å². The van der Waals surface area contributed by atoms with Gasteiger partial charge in [-0.2, -0.15) is 0 Å². The zero-order valence-electron chi connectivity index (χ0n) is 11.4. The van der Waals surface area contributed by atoms with Gasteiger partial charge in [0.05, 0.1) is 12.1 Å². The van der Waals surface area contributed by atoms with Crippen LogP contribution in [0.25, 0.3) is 0 Å². The van der Waals surface area contributed by atoms with Crippen molar-refractivity contribution in [1.29, 1.82) is 0 Å². The molecule has 0 spiro atoms. The van der Waals surface area contributed by atoms with Crippen LogP contribution in [0.3, 0.4) is 0 Å². The molecule has 1 aromatic rings. The van der Waals surface area contributed by atoms with Crippen molar-refractivity contribution >= 4 is 5.97 Å². The Kier molecular flexibility index (Phi) is 3.44. The lowest BCUT2D eigenvalue weighted by Gasteiger charge is -2.20. The lowest BCUT2D eigenvalue weighted by molar-refractivity contribution is -0.152. The van der Waals surface area contributed by atoms with Crippen LogP contribution >= 0.6 is 0 Å². The van der Waals surface area contributed by atoms with Crippen LogP contribution in [0.5, 0.6) is 0 Å². The molecule has 2 rings (SSSR count). The first kappa shape index (κ1) is 13.1. The Balaban J connectivity index is 2.20. The lowest BCUT2D eigenvalue weighted by Crippen LogP contribution is -2.37. The Morgan fingerprint density at radius 3 is 2.33 bits per heavy atom. The molecule has 1 N–H and O–H groups in total. The van der Waals surface area contributed by atoms with E-state index in [1.165, 1.54) is 0 Å². The molecule has 2 atom stereocenters. The summed E-state index contributed by atoms with van der Waals surface area (Å²) in [5.74, 6) is 0.0651. The average Bonchev–Trinajstić information content (AvgIpc) is 3.05. The number of hydrogen-bond acceptors (Lipinski definition) is 3. The Morgan fingerprint density at radius 1 is 1.22 bits per heavy atom. The van der Waals surface area contributed by atoms with E-state index in [0.717, 1.165) is 5.56 Å². The topological polar surface area (TPSA) is 48.2 Å². The van der Waals surface area contributed by atoms with Gasteiger partial charge >= 0.3 is 5.97 Å². The van der Waals surface area contributed by atoms with Crippen LogP contribution < -0.4 is 5.32 Å². The highest BCUT2D eigenvalue weighted by atomic mass is 16.5. The summed E-state index contributed by atoms with van der Waals surface area (Å²) in [6.45, 7) is 7.87. The molecular formula is C15H21NO2. The minimum atomic E-state index is -0.550. The number of rotatable bonds is 4. The molecule has 1 saturated heterocycles. The van der Waals surface area contributed by atoms with Gasteiger partial charge in [-0.1, -0.05) is 44.2 Å². The van der Waals surface area contributed by atoms with Gasteiger partial charge < -0.3 is 4.74 Å². The lowest BCUT2D eigenvalue weighted by atomic mass is 9.88. The van der Waals surface area contributed by atoms with Gasteiger partial charge in [-0.05, 0) is 25.3 Å². The van der Waals surface area contributed by atoms with Crippen molar-refractivity contribution in [3.8, 4) is 0 Å². The molecule has 0 radical (unpaired) electrons. The van der Waals surface area contributed by atoms with Crippen LogP contribution in [0.4, 0.5) is 0 Å². The van der Waals surface area contributed by atoms with E-state index >= 15 is 0 Å². The normalized spacial score (nSPS) is 26.4. The van der Waals surface area contributed by atoms with Crippen molar-refractivity contribution in [2.24, 2.45) is 5.92 Å². The van der Waals surface area contributed by atoms with Crippen LogP contribution in [-0.4, -0.2) is 17.6 Å². The highest BCUT2D eigenvalue weighted by Crippen LogP contribution is 2.47. The highest BCUT2D eigenvalue weighted by molar-refractivity contribution is 5.87. The van der Waals surface area contributed by atoms with E-state index in [0.29, 0.717) is 0 Å². The largest absolute Gasteiger partial charge is 0.462 e. The monoisotopic (exact) mass is 247 g/mol. The Bertz CT molecular complexity index is 427. The number of hydrogen-bond donors (Lipinski definition) is 1. The zero-order chi connectivity index (χ0) is 13.3. The molecule has 3 heteroatoms. The fourth-order valence-electron chi connectivity index (χ4n) is 2.41. The number of esters is 1. The summed E-state index contributed by atoms with van der Waals surface area (Å²) >= 11 is 0. The molecule has 1 fully saturated rings. The van der Waals surface area contributed by atoms with Crippen LogP contribution in [0.2, 0.25) is 0 Å². The summed E-state index contributed by atoms with van der Waals surface area (Å²) in [6.07, 6.45) is -0.0769. The van der Waals surface area contributed by atoms with Gasteiger partial charge in [-0.3, -0.25) is 5.32 Å². The maximum Gasteiger partial charge on any atom is 0.328 e. The number of carbonyl (C=O) groups excluding carboxylic acids is 1. The maximum atomic E-state index is 12.3. The Hall–Kier alpha value is -1.35. The fraction of sp³-hybridized carbons (Fsp3) is 0.533. The second-order valence-electron chi connectivity index (χ2n) is 5.47. The van der Waals surface area contributed by atoms with Gasteiger partial charge in [-0.25, -0.2) is 4.79 Å². The van der Waals surface area contributed by atoms with Crippen molar-refractivity contribution in [1.82, 2.24) is 5.32 Å². The third-order valence-corrected chi connectivity index (χ3v) is 3.48. The summed E-state index contributed by atoms with van der Waals surface area (Å²) in [5, 5.41) is 3.33. The zero-order valence-corrected chi connectivity index (χ0v) is 11.4. The van der Waals surface area contributed by atoms with Crippen LogP contribution in [0.15, 0.2) is 30.3 Å². The molecular weight excluding hydrogens is 226 g/mol. The van der Waals surface area contributed by atoms with Gasteiger partial charge in [-0.15, -0.1) is 0 Å².